The van der Waals surface area contributed by atoms with E-state index in [1.807, 2.05) is 13.8 Å². The maximum absolute atomic E-state index is 12.5. The minimum atomic E-state index is -0.931. The number of hydrogen-bond acceptors (Lipinski definition) is 4. The first-order chi connectivity index (χ1) is 10.5. The first-order valence-electron chi connectivity index (χ1n) is 7.07. The average molecular weight is 305 g/mol. The number of nitrogens with one attached hydrogen (secondary N) is 1. The first kappa shape index (κ1) is 15.8. The van der Waals surface area contributed by atoms with Crippen LogP contribution >= 0.6 is 0 Å². The van der Waals surface area contributed by atoms with Crippen LogP contribution in [-0.2, 0) is 4.79 Å². The van der Waals surface area contributed by atoms with Gasteiger partial charge in [0.15, 0.2) is 11.5 Å². The molecule has 7 nitrogen and oxygen atoms in total. The topological polar surface area (TPSA) is 99.4 Å². The second-order valence-corrected chi connectivity index (χ2v) is 5.43. The Morgan fingerprint density at radius 2 is 2.23 bits per heavy atom. The summed E-state index contributed by atoms with van der Waals surface area (Å²) in [6.07, 6.45) is 1.45. The Morgan fingerprint density at radius 1 is 1.45 bits per heavy atom. The van der Waals surface area contributed by atoms with Gasteiger partial charge in [-0.05, 0) is 18.1 Å². The third kappa shape index (κ3) is 3.97. The molecule has 0 aliphatic heterocycles. The van der Waals surface area contributed by atoms with Gasteiger partial charge in [0.05, 0.1) is 12.7 Å². The number of carboxylic acid groups (broad SMARTS) is 1. The number of carboxylic acids is 1. The summed E-state index contributed by atoms with van der Waals surface area (Å²) >= 11 is 0. The van der Waals surface area contributed by atoms with E-state index in [1.54, 1.807) is 18.2 Å². The van der Waals surface area contributed by atoms with Gasteiger partial charge in [-0.2, -0.15) is 5.10 Å². The van der Waals surface area contributed by atoms with E-state index < -0.39 is 5.97 Å². The van der Waals surface area contributed by atoms with Gasteiger partial charge in [0.2, 0.25) is 0 Å². The lowest BCUT2D eigenvalue weighted by Crippen LogP contribution is -2.36. The molecule has 1 amide bonds. The van der Waals surface area contributed by atoms with Gasteiger partial charge in [-0.1, -0.05) is 13.8 Å². The number of amides is 1. The van der Waals surface area contributed by atoms with Crippen molar-refractivity contribution in [1.82, 2.24) is 15.1 Å². The predicted molar refractivity (Wildman–Crippen MR) is 79.3 cm³/mol. The molecule has 0 fully saturated rings. The van der Waals surface area contributed by atoms with Gasteiger partial charge in [-0.25, -0.2) is 0 Å². The number of H-pyrrole nitrogens is 1. The van der Waals surface area contributed by atoms with Gasteiger partial charge in [0.1, 0.15) is 5.69 Å². The fourth-order valence-corrected chi connectivity index (χ4v) is 2.10. The number of nitrogens with zero attached hydrogens (tertiary/aromatic N) is 2. The summed E-state index contributed by atoms with van der Waals surface area (Å²) in [4.78, 5) is 24.7. The van der Waals surface area contributed by atoms with Crippen molar-refractivity contribution in [3.8, 4) is 11.5 Å². The predicted octanol–water partition coefficient (Wildman–Crippen LogP) is 2.24. The number of rotatable bonds is 7. The molecule has 2 rings (SSSR count). The van der Waals surface area contributed by atoms with Crippen molar-refractivity contribution in [1.29, 1.82) is 0 Å². The molecular weight excluding hydrogens is 286 g/mol. The van der Waals surface area contributed by atoms with Crippen LogP contribution in [0.1, 0.15) is 30.8 Å². The molecule has 0 radical (unpaired) electrons. The zero-order valence-electron chi connectivity index (χ0n) is 12.6. The van der Waals surface area contributed by atoms with Crippen LogP contribution in [0, 0.1) is 5.92 Å². The Labute approximate surface area is 127 Å². The summed E-state index contributed by atoms with van der Waals surface area (Å²) < 4.78 is 5.24. The highest BCUT2D eigenvalue weighted by atomic mass is 16.4. The maximum atomic E-state index is 12.5. The highest BCUT2D eigenvalue weighted by molar-refractivity contribution is 5.93. The summed E-state index contributed by atoms with van der Waals surface area (Å²) in [6, 6.07) is 5.11. The van der Waals surface area contributed by atoms with Crippen LogP contribution in [0.25, 0.3) is 11.5 Å². The van der Waals surface area contributed by atoms with Crippen LogP contribution < -0.4 is 0 Å². The zero-order valence-corrected chi connectivity index (χ0v) is 12.6. The van der Waals surface area contributed by atoms with Crippen molar-refractivity contribution in [2.45, 2.75) is 20.3 Å². The lowest BCUT2D eigenvalue weighted by molar-refractivity contribution is -0.137. The number of furan rings is 1. The maximum Gasteiger partial charge on any atom is 0.305 e. The van der Waals surface area contributed by atoms with Gasteiger partial charge in [0, 0.05) is 19.2 Å². The number of aliphatic carboxylic acids is 1. The average Bonchev–Trinajstić information content (AvgIpc) is 3.11. The number of carbonyl (C=O) groups excluding carboxylic acids is 1. The van der Waals surface area contributed by atoms with E-state index in [4.69, 9.17) is 9.52 Å². The smallest absolute Gasteiger partial charge is 0.305 e. The van der Waals surface area contributed by atoms with Crippen molar-refractivity contribution >= 4 is 11.9 Å². The molecule has 0 spiro atoms. The van der Waals surface area contributed by atoms with E-state index in [9.17, 15) is 9.59 Å². The molecule has 0 aliphatic carbocycles. The quantitative estimate of drug-likeness (QED) is 0.817. The van der Waals surface area contributed by atoms with E-state index in [-0.39, 0.29) is 30.5 Å². The lowest BCUT2D eigenvalue weighted by atomic mass is 10.2. The second kappa shape index (κ2) is 6.93. The summed E-state index contributed by atoms with van der Waals surface area (Å²) in [5.41, 5.74) is 0.855. The molecule has 0 atom stereocenters. The molecule has 2 aromatic rings. The van der Waals surface area contributed by atoms with E-state index >= 15 is 0 Å². The lowest BCUT2D eigenvalue weighted by Gasteiger charge is -2.22. The van der Waals surface area contributed by atoms with Crippen molar-refractivity contribution in [3.63, 3.8) is 0 Å². The molecule has 0 bridgehead atoms. The Morgan fingerprint density at radius 3 is 2.82 bits per heavy atom. The van der Waals surface area contributed by atoms with Crippen molar-refractivity contribution in [2.75, 3.05) is 13.1 Å². The minimum Gasteiger partial charge on any atom is -0.481 e. The highest BCUT2D eigenvalue weighted by Crippen LogP contribution is 2.18. The van der Waals surface area contributed by atoms with Crippen LogP contribution in [0.3, 0.4) is 0 Å². The standard InChI is InChI=1S/C15H19N3O4/c1-10(2)9-18(6-5-14(19)20)15(21)12-8-11(16-17-12)13-4-3-7-22-13/h3-4,7-8,10H,5-6,9H2,1-2H3,(H,16,17)(H,19,20). The molecular formula is C15H19N3O4. The summed E-state index contributed by atoms with van der Waals surface area (Å²) in [5, 5.41) is 15.6. The minimum absolute atomic E-state index is 0.0894. The number of aromatic nitrogens is 2. The molecule has 2 heterocycles. The van der Waals surface area contributed by atoms with E-state index in [0.717, 1.165) is 0 Å². The number of hydrogen-bond donors (Lipinski definition) is 2. The first-order valence-corrected chi connectivity index (χ1v) is 7.07. The van der Waals surface area contributed by atoms with Crippen LogP contribution in [0.2, 0.25) is 0 Å². The fourth-order valence-electron chi connectivity index (χ4n) is 2.10. The van der Waals surface area contributed by atoms with Gasteiger partial charge in [0.25, 0.3) is 5.91 Å². The van der Waals surface area contributed by atoms with E-state index in [2.05, 4.69) is 10.2 Å². The fraction of sp³-hybridized carbons (Fsp3) is 0.400. The third-order valence-corrected chi connectivity index (χ3v) is 3.05. The van der Waals surface area contributed by atoms with Crippen LogP contribution in [0.4, 0.5) is 0 Å². The molecule has 118 valence electrons. The van der Waals surface area contributed by atoms with Crippen LogP contribution in [0.15, 0.2) is 28.9 Å². The van der Waals surface area contributed by atoms with Gasteiger partial charge in [-0.15, -0.1) is 0 Å². The summed E-state index contributed by atoms with van der Waals surface area (Å²) in [7, 11) is 0. The Hall–Kier alpha value is -2.57. The third-order valence-electron chi connectivity index (χ3n) is 3.05. The van der Waals surface area contributed by atoms with Crippen LogP contribution in [-0.4, -0.2) is 45.2 Å². The van der Waals surface area contributed by atoms with Crippen molar-refractivity contribution in [3.05, 3.63) is 30.2 Å². The van der Waals surface area contributed by atoms with Gasteiger partial charge in [-0.3, -0.25) is 14.7 Å². The van der Waals surface area contributed by atoms with E-state index in [0.29, 0.717) is 18.0 Å². The monoisotopic (exact) mass is 305 g/mol. The summed E-state index contributed by atoms with van der Waals surface area (Å²) in [6.45, 7) is 4.59. The normalized spacial score (nSPS) is 10.9. The molecule has 0 aromatic carbocycles. The van der Waals surface area contributed by atoms with Gasteiger partial charge >= 0.3 is 5.97 Å². The zero-order chi connectivity index (χ0) is 16.1. The van der Waals surface area contributed by atoms with Crippen molar-refractivity contribution < 1.29 is 19.1 Å². The molecule has 2 N–H and O–H groups in total. The number of carbonyl (C=O) groups is 2. The molecule has 0 aliphatic rings. The van der Waals surface area contributed by atoms with Crippen LogP contribution in [0.5, 0.6) is 0 Å². The Kier molecular flexibility index (Phi) is 4.98. The Balaban J connectivity index is 2.13. The molecule has 22 heavy (non-hydrogen) atoms. The summed E-state index contributed by atoms with van der Waals surface area (Å²) in [5.74, 6) is -0.391. The molecule has 7 heteroatoms. The molecule has 0 unspecified atom stereocenters. The molecule has 0 saturated heterocycles. The second-order valence-electron chi connectivity index (χ2n) is 5.43. The molecule has 0 saturated carbocycles. The van der Waals surface area contributed by atoms with Gasteiger partial charge < -0.3 is 14.4 Å². The van der Waals surface area contributed by atoms with Crippen molar-refractivity contribution in [2.24, 2.45) is 5.92 Å². The SMILES string of the molecule is CC(C)CN(CCC(=O)O)C(=O)c1cc(-c2ccco2)[nH]n1. The van der Waals surface area contributed by atoms with E-state index in [1.165, 1.54) is 11.2 Å². The Bertz CT molecular complexity index is 631. The largest absolute Gasteiger partial charge is 0.481 e. The number of aromatic amines is 1. The molecule has 2 aromatic heterocycles. The highest BCUT2D eigenvalue weighted by Gasteiger charge is 2.21.